The smallest absolute Gasteiger partial charge is 0.251 e. The Morgan fingerprint density at radius 2 is 1.81 bits per heavy atom. The van der Waals surface area contributed by atoms with Crippen LogP contribution in [0.3, 0.4) is 0 Å². The molecule has 7 nitrogen and oxygen atoms in total. The van der Waals surface area contributed by atoms with Crippen LogP contribution < -0.4 is 19.5 Å². The van der Waals surface area contributed by atoms with E-state index < -0.39 is 0 Å². The Morgan fingerprint density at radius 1 is 1.07 bits per heavy atom. The number of carbonyl (C=O) groups excluding carboxylic acids is 1. The summed E-state index contributed by atoms with van der Waals surface area (Å²) < 4.78 is 21.1. The van der Waals surface area contributed by atoms with Gasteiger partial charge in [0.1, 0.15) is 5.69 Å². The summed E-state index contributed by atoms with van der Waals surface area (Å²) in [5.74, 6) is 1.72. The number of nitrogens with zero attached hydrogens (tertiary/aromatic N) is 1. The average molecular weight is 368 g/mol. The van der Waals surface area contributed by atoms with E-state index in [2.05, 4.69) is 10.3 Å². The first kappa shape index (κ1) is 18.3. The molecule has 0 unspecified atom stereocenters. The number of methoxy groups -OCH3 is 3. The van der Waals surface area contributed by atoms with E-state index in [1.54, 1.807) is 24.6 Å². The van der Waals surface area contributed by atoms with Crippen molar-refractivity contribution in [3.63, 3.8) is 0 Å². The molecule has 0 fully saturated rings. The van der Waals surface area contributed by atoms with E-state index in [9.17, 15) is 4.79 Å². The van der Waals surface area contributed by atoms with E-state index in [4.69, 9.17) is 18.6 Å². The number of amides is 1. The number of aromatic nitrogens is 1. The van der Waals surface area contributed by atoms with Gasteiger partial charge in [-0.15, -0.1) is 0 Å². The van der Waals surface area contributed by atoms with E-state index in [-0.39, 0.29) is 5.91 Å². The summed E-state index contributed by atoms with van der Waals surface area (Å²) >= 11 is 0. The molecule has 1 amide bonds. The molecular weight excluding hydrogens is 348 g/mol. The van der Waals surface area contributed by atoms with Crippen molar-refractivity contribution < 1.29 is 23.4 Å². The largest absolute Gasteiger partial charge is 0.493 e. The summed E-state index contributed by atoms with van der Waals surface area (Å²) in [7, 11) is 4.52. The second-order valence-corrected chi connectivity index (χ2v) is 5.63. The van der Waals surface area contributed by atoms with Gasteiger partial charge in [-0.1, -0.05) is 6.07 Å². The molecule has 3 aromatic rings. The van der Waals surface area contributed by atoms with Gasteiger partial charge in [0.05, 0.1) is 27.6 Å². The molecule has 0 atom stereocenters. The highest BCUT2D eigenvalue weighted by Gasteiger charge is 2.17. The van der Waals surface area contributed by atoms with Crippen molar-refractivity contribution in [1.29, 1.82) is 0 Å². The summed E-state index contributed by atoms with van der Waals surface area (Å²) in [4.78, 5) is 16.9. The lowest BCUT2D eigenvalue weighted by atomic mass is 10.1. The van der Waals surface area contributed by atoms with Crippen molar-refractivity contribution in [3.8, 4) is 28.7 Å². The number of pyridine rings is 1. The van der Waals surface area contributed by atoms with Crippen LogP contribution in [0, 0.1) is 0 Å². The van der Waals surface area contributed by atoms with Gasteiger partial charge in [-0.2, -0.15) is 0 Å². The van der Waals surface area contributed by atoms with E-state index >= 15 is 0 Å². The zero-order valence-corrected chi connectivity index (χ0v) is 15.3. The molecule has 3 rings (SSSR count). The molecule has 0 aliphatic rings. The lowest BCUT2D eigenvalue weighted by molar-refractivity contribution is 0.0950. The maximum atomic E-state index is 12.5. The van der Waals surface area contributed by atoms with Gasteiger partial charge in [-0.3, -0.25) is 9.78 Å². The summed E-state index contributed by atoms with van der Waals surface area (Å²) in [6.07, 6.45) is 3.30. The predicted molar refractivity (Wildman–Crippen MR) is 99.2 cm³/mol. The number of nitrogens with one attached hydrogen (secondary N) is 1. The Hall–Kier alpha value is -3.48. The van der Waals surface area contributed by atoms with E-state index in [0.717, 1.165) is 11.3 Å². The van der Waals surface area contributed by atoms with Crippen LogP contribution in [0.2, 0.25) is 0 Å². The molecule has 0 aliphatic carbocycles. The van der Waals surface area contributed by atoms with E-state index in [1.807, 2.05) is 24.3 Å². The quantitative estimate of drug-likeness (QED) is 0.689. The molecule has 0 bridgehead atoms. The number of hydrogen-bond acceptors (Lipinski definition) is 6. The van der Waals surface area contributed by atoms with E-state index in [1.165, 1.54) is 21.3 Å². The van der Waals surface area contributed by atoms with Gasteiger partial charge >= 0.3 is 0 Å². The molecule has 0 saturated carbocycles. The molecule has 2 aromatic heterocycles. The second-order valence-electron chi connectivity index (χ2n) is 5.63. The van der Waals surface area contributed by atoms with Crippen molar-refractivity contribution in [2.75, 3.05) is 21.3 Å². The third-order valence-corrected chi connectivity index (χ3v) is 3.98. The van der Waals surface area contributed by atoms with Gasteiger partial charge in [0.25, 0.3) is 5.91 Å². The Kier molecular flexibility index (Phi) is 5.61. The third-order valence-electron chi connectivity index (χ3n) is 3.98. The molecule has 0 saturated heterocycles. The number of ether oxygens (including phenoxy) is 3. The highest BCUT2D eigenvalue weighted by Crippen LogP contribution is 2.38. The normalized spacial score (nSPS) is 10.3. The first-order valence-electron chi connectivity index (χ1n) is 8.23. The standard InChI is InChI=1S/C20H20N2O5/c1-24-17-9-14(10-18(25-2)19(17)26-3)20(23)22-12-13-6-7-15(21-11-13)16-5-4-8-27-16/h4-11H,12H2,1-3H3,(H,22,23). The van der Waals surface area contributed by atoms with Crippen LogP contribution >= 0.6 is 0 Å². The Bertz CT molecular complexity index is 880. The molecule has 2 heterocycles. The molecule has 0 spiro atoms. The van der Waals surface area contributed by atoms with Crippen LogP contribution in [0.25, 0.3) is 11.5 Å². The van der Waals surface area contributed by atoms with Crippen molar-refractivity contribution in [2.45, 2.75) is 6.54 Å². The Morgan fingerprint density at radius 3 is 2.33 bits per heavy atom. The minimum absolute atomic E-state index is 0.260. The third kappa shape index (κ3) is 4.03. The van der Waals surface area contributed by atoms with Crippen molar-refractivity contribution in [2.24, 2.45) is 0 Å². The van der Waals surface area contributed by atoms with Crippen molar-refractivity contribution in [1.82, 2.24) is 10.3 Å². The number of benzene rings is 1. The number of rotatable bonds is 7. The summed E-state index contributed by atoms with van der Waals surface area (Å²) in [6, 6.07) is 10.6. The molecular formula is C20H20N2O5. The fourth-order valence-corrected chi connectivity index (χ4v) is 2.60. The average Bonchev–Trinajstić information content (AvgIpc) is 3.26. The summed E-state index contributed by atoms with van der Waals surface area (Å²) in [5, 5.41) is 2.86. The summed E-state index contributed by atoms with van der Waals surface area (Å²) in [5.41, 5.74) is 2.01. The molecule has 1 N–H and O–H groups in total. The lowest BCUT2D eigenvalue weighted by Gasteiger charge is -2.14. The molecule has 1 aromatic carbocycles. The number of hydrogen-bond donors (Lipinski definition) is 1. The van der Waals surface area contributed by atoms with Gasteiger partial charge < -0.3 is 23.9 Å². The summed E-state index contributed by atoms with van der Waals surface area (Å²) in [6.45, 7) is 0.334. The minimum atomic E-state index is -0.260. The highest BCUT2D eigenvalue weighted by atomic mass is 16.5. The zero-order valence-electron chi connectivity index (χ0n) is 15.3. The SMILES string of the molecule is COc1cc(C(=O)NCc2ccc(-c3ccco3)nc2)cc(OC)c1OC. The van der Waals surface area contributed by atoms with E-state index in [0.29, 0.717) is 35.1 Å². The highest BCUT2D eigenvalue weighted by molar-refractivity contribution is 5.95. The minimum Gasteiger partial charge on any atom is -0.493 e. The molecule has 0 aliphatic heterocycles. The fraction of sp³-hybridized carbons (Fsp3) is 0.200. The lowest BCUT2D eigenvalue weighted by Crippen LogP contribution is -2.23. The number of furan rings is 1. The maximum absolute atomic E-state index is 12.5. The van der Waals surface area contributed by atoms with Gasteiger partial charge in [-0.05, 0) is 35.9 Å². The monoisotopic (exact) mass is 368 g/mol. The van der Waals surface area contributed by atoms with Gasteiger partial charge in [0.15, 0.2) is 17.3 Å². The van der Waals surface area contributed by atoms with Crippen LogP contribution in [0.15, 0.2) is 53.3 Å². The first-order chi connectivity index (χ1) is 13.2. The molecule has 7 heteroatoms. The van der Waals surface area contributed by atoms with Gasteiger partial charge in [-0.25, -0.2) is 0 Å². The van der Waals surface area contributed by atoms with Crippen LogP contribution in [0.1, 0.15) is 15.9 Å². The van der Waals surface area contributed by atoms with Crippen LogP contribution in [0.4, 0.5) is 0 Å². The van der Waals surface area contributed by atoms with Crippen LogP contribution in [0.5, 0.6) is 17.2 Å². The van der Waals surface area contributed by atoms with Gasteiger partial charge in [0, 0.05) is 18.3 Å². The van der Waals surface area contributed by atoms with Crippen LogP contribution in [-0.4, -0.2) is 32.2 Å². The van der Waals surface area contributed by atoms with Gasteiger partial charge in [0.2, 0.25) is 5.75 Å². The molecule has 140 valence electrons. The topological polar surface area (TPSA) is 82.8 Å². The van der Waals surface area contributed by atoms with Crippen LogP contribution in [-0.2, 0) is 6.54 Å². The second kappa shape index (κ2) is 8.27. The van der Waals surface area contributed by atoms with Crippen molar-refractivity contribution in [3.05, 3.63) is 60.0 Å². The zero-order chi connectivity index (χ0) is 19.2. The predicted octanol–water partition coefficient (Wildman–Crippen LogP) is 3.30. The van der Waals surface area contributed by atoms with Crippen molar-refractivity contribution >= 4 is 5.91 Å². The molecule has 0 radical (unpaired) electrons. The molecule has 27 heavy (non-hydrogen) atoms. The number of carbonyl (C=O) groups is 1. The fourth-order valence-electron chi connectivity index (χ4n) is 2.60. The Labute approximate surface area is 156 Å². The maximum Gasteiger partial charge on any atom is 0.251 e. The Balaban J connectivity index is 1.70. The first-order valence-corrected chi connectivity index (χ1v) is 8.23.